The van der Waals surface area contributed by atoms with Gasteiger partial charge in [0.05, 0.1) is 23.4 Å². The largest absolute Gasteiger partial charge is 0.497 e. The fourth-order valence-corrected chi connectivity index (χ4v) is 4.97. The third-order valence-electron chi connectivity index (χ3n) is 5.74. The van der Waals surface area contributed by atoms with E-state index in [4.69, 9.17) is 10.1 Å². The Kier molecular flexibility index (Phi) is 5.99. The monoisotopic (exact) mass is 415 g/mol. The molecule has 0 aliphatic carbocycles. The van der Waals surface area contributed by atoms with Crippen LogP contribution in [0.2, 0.25) is 0 Å². The Morgan fingerprint density at radius 3 is 2.62 bits per heavy atom. The number of aromatic nitrogens is 1. The first-order valence-corrected chi connectivity index (χ1v) is 10.7. The molecule has 2 heterocycles. The summed E-state index contributed by atoms with van der Waals surface area (Å²) in [5.74, 6) is 1.05. The van der Waals surface area contributed by atoms with E-state index in [9.17, 15) is 9.50 Å². The number of likely N-dealkylation sites (tertiary alicyclic amines) is 1. The normalized spacial score (nSPS) is 16.9. The zero-order valence-electron chi connectivity index (χ0n) is 16.5. The summed E-state index contributed by atoms with van der Waals surface area (Å²) < 4.78 is 21.5. The Morgan fingerprint density at radius 2 is 1.93 bits per heavy atom. The maximum Gasteiger partial charge on any atom is 0.182 e. The van der Waals surface area contributed by atoms with Crippen molar-refractivity contribution in [1.82, 2.24) is 9.47 Å². The number of rotatable bonds is 6. The first-order valence-electron chi connectivity index (χ1n) is 9.91. The highest BCUT2D eigenvalue weighted by Crippen LogP contribution is 2.26. The van der Waals surface area contributed by atoms with Crippen LogP contribution in [0.25, 0.3) is 10.2 Å². The predicted molar refractivity (Wildman–Crippen MR) is 113 cm³/mol. The van der Waals surface area contributed by atoms with E-state index in [0.29, 0.717) is 17.3 Å². The topological polar surface area (TPSA) is 61.5 Å². The number of nitrogens with one attached hydrogen (secondary N) is 1. The van der Waals surface area contributed by atoms with E-state index in [-0.39, 0.29) is 5.82 Å². The summed E-state index contributed by atoms with van der Waals surface area (Å²) in [6.07, 6.45) is 1.48. The number of nitrogens with zero attached hydrogens (tertiary/aromatic N) is 2. The van der Waals surface area contributed by atoms with E-state index >= 15 is 0 Å². The molecule has 3 aromatic rings. The van der Waals surface area contributed by atoms with Crippen LogP contribution in [0.3, 0.4) is 0 Å². The summed E-state index contributed by atoms with van der Waals surface area (Å²) in [6, 6.07) is 12.1. The van der Waals surface area contributed by atoms with Crippen LogP contribution in [0.4, 0.5) is 4.39 Å². The van der Waals surface area contributed by atoms with Gasteiger partial charge in [-0.2, -0.15) is 0 Å². The summed E-state index contributed by atoms with van der Waals surface area (Å²) in [5.41, 5.74) is 1.85. The fourth-order valence-electron chi connectivity index (χ4n) is 4.02. The van der Waals surface area contributed by atoms with Crippen molar-refractivity contribution in [3.8, 4) is 5.75 Å². The average Bonchev–Trinajstić information content (AvgIpc) is 3.04. The number of hydrogen-bond acceptors (Lipinski definition) is 5. The lowest BCUT2D eigenvalue weighted by Crippen LogP contribution is -2.38. The minimum absolute atomic E-state index is 0.285. The van der Waals surface area contributed by atoms with Crippen LogP contribution < -0.4 is 9.54 Å². The summed E-state index contributed by atoms with van der Waals surface area (Å²) in [5, 5.41) is 18.8. The molecule has 0 amide bonds. The number of benzene rings is 2. The molecule has 1 aromatic heterocycles. The van der Waals surface area contributed by atoms with Gasteiger partial charge in [-0.15, -0.1) is 0 Å². The SMILES string of the molecule is COc1ccc2c(c1)sc(=N)n2CC1CCN(C[C@H](O)c2ccc(F)cc2)CC1. The number of methoxy groups -OCH3 is 1. The van der Waals surface area contributed by atoms with Gasteiger partial charge in [0.1, 0.15) is 11.6 Å². The molecular formula is C22H26FN3O2S. The second-order valence-electron chi connectivity index (χ2n) is 7.66. The molecule has 1 aliphatic rings. The van der Waals surface area contributed by atoms with Crippen LogP contribution in [0.15, 0.2) is 42.5 Å². The molecule has 154 valence electrons. The van der Waals surface area contributed by atoms with Crippen LogP contribution >= 0.6 is 11.3 Å². The summed E-state index contributed by atoms with van der Waals surface area (Å²) >= 11 is 1.48. The number of ether oxygens (including phenoxy) is 1. The molecule has 1 atom stereocenters. The second kappa shape index (κ2) is 8.65. The molecule has 2 N–H and O–H groups in total. The predicted octanol–water partition coefficient (Wildman–Crippen LogP) is 3.78. The summed E-state index contributed by atoms with van der Waals surface area (Å²) in [6.45, 7) is 3.26. The lowest BCUT2D eigenvalue weighted by molar-refractivity contribution is 0.0867. The van der Waals surface area contributed by atoms with Crippen molar-refractivity contribution in [2.75, 3.05) is 26.7 Å². The molecule has 1 aliphatic heterocycles. The Bertz CT molecular complexity index is 1020. The average molecular weight is 416 g/mol. The smallest absolute Gasteiger partial charge is 0.182 e. The fraction of sp³-hybridized carbons (Fsp3) is 0.409. The van der Waals surface area contributed by atoms with E-state index in [2.05, 4.69) is 9.47 Å². The van der Waals surface area contributed by atoms with Crippen molar-refractivity contribution < 1.29 is 14.2 Å². The van der Waals surface area contributed by atoms with Gasteiger partial charge in [0.2, 0.25) is 0 Å². The second-order valence-corrected chi connectivity index (χ2v) is 8.69. The van der Waals surface area contributed by atoms with Gasteiger partial charge < -0.3 is 19.3 Å². The number of hydrogen-bond donors (Lipinski definition) is 2. The van der Waals surface area contributed by atoms with Gasteiger partial charge in [0.15, 0.2) is 4.80 Å². The van der Waals surface area contributed by atoms with Crippen LogP contribution in [0.1, 0.15) is 24.5 Å². The van der Waals surface area contributed by atoms with E-state index in [1.807, 2.05) is 18.2 Å². The number of aliphatic hydroxyl groups is 1. The molecule has 2 aromatic carbocycles. The lowest BCUT2D eigenvalue weighted by atomic mass is 9.96. The van der Waals surface area contributed by atoms with Crippen molar-refractivity contribution in [3.05, 3.63) is 58.6 Å². The van der Waals surface area contributed by atoms with Gasteiger partial charge in [0, 0.05) is 13.1 Å². The highest BCUT2D eigenvalue weighted by molar-refractivity contribution is 7.16. The number of fused-ring (bicyclic) bond motifs is 1. The minimum Gasteiger partial charge on any atom is -0.497 e. The van der Waals surface area contributed by atoms with Gasteiger partial charge in [-0.1, -0.05) is 23.5 Å². The van der Waals surface area contributed by atoms with Gasteiger partial charge in [0.25, 0.3) is 0 Å². The molecule has 0 spiro atoms. The number of aliphatic hydroxyl groups excluding tert-OH is 1. The molecule has 1 fully saturated rings. The van der Waals surface area contributed by atoms with Gasteiger partial charge in [-0.3, -0.25) is 5.41 Å². The molecule has 1 saturated heterocycles. The molecular weight excluding hydrogens is 389 g/mol. The summed E-state index contributed by atoms with van der Waals surface area (Å²) in [4.78, 5) is 2.84. The molecule has 29 heavy (non-hydrogen) atoms. The van der Waals surface area contributed by atoms with Crippen molar-refractivity contribution in [3.63, 3.8) is 0 Å². The Balaban J connectivity index is 1.35. The van der Waals surface area contributed by atoms with Crippen molar-refractivity contribution >= 4 is 21.6 Å². The van der Waals surface area contributed by atoms with E-state index in [0.717, 1.165) is 54.0 Å². The lowest BCUT2D eigenvalue weighted by Gasteiger charge is -2.33. The Hall–Kier alpha value is -2.22. The van der Waals surface area contributed by atoms with E-state index < -0.39 is 6.10 Å². The van der Waals surface area contributed by atoms with Crippen LogP contribution in [-0.2, 0) is 6.54 Å². The van der Waals surface area contributed by atoms with Gasteiger partial charge in [-0.25, -0.2) is 4.39 Å². The molecule has 0 radical (unpaired) electrons. The highest BCUT2D eigenvalue weighted by Gasteiger charge is 2.23. The Morgan fingerprint density at radius 1 is 1.21 bits per heavy atom. The number of β-amino-alcohol motifs (C(OH)–C–C–N with tert-alkyl or cyclic N) is 1. The molecule has 5 nitrogen and oxygen atoms in total. The molecule has 0 bridgehead atoms. The zero-order valence-corrected chi connectivity index (χ0v) is 17.3. The molecule has 7 heteroatoms. The maximum atomic E-state index is 13.1. The van der Waals surface area contributed by atoms with Crippen LogP contribution in [-0.4, -0.2) is 41.3 Å². The molecule has 0 saturated carbocycles. The van der Waals surface area contributed by atoms with E-state index in [1.54, 1.807) is 19.2 Å². The van der Waals surface area contributed by atoms with Crippen LogP contribution in [0.5, 0.6) is 5.75 Å². The standard InChI is InChI=1S/C22H26FN3O2S/c1-28-18-6-7-19-21(12-18)29-22(24)26(19)13-15-8-10-25(11-9-15)14-20(27)16-2-4-17(23)5-3-16/h2-7,12,15,20,24,27H,8-11,13-14H2,1H3/t20-/m0/s1. The number of halogens is 1. The third kappa shape index (κ3) is 4.52. The van der Waals surface area contributed by atoms with Crippen LogP contribution in [0, 0.1) is 17.1 Å². The highest BCUT2D eigenvalue weighted by atomic mass is 32.1. The quantitative estimate of drug-likeness (QED) is 0.644. The van der Waals surface area contributed by atoms with Crippen molar-refractivity contribution in [1.29, 1.82) is 5.41 Å². The first-order chi connectivity index (χ1) is 14.0. The molecule has 0 unspecified atom stereocenters. The molecule has 4 rings (SSSR count). The van der Waals surface area contributed by atoms with Gasteiger partial charge in [-0.05, 0) is 67.7 Å². The van der Waals surface area contributed by atoms with Crippen molar-refractivity contribution in [2.45, 2.75) is 25.5 Å². The minimum atomic E-state index is -0.600. The maximum absolute atomic E-state index is 13.1. The Labute approximate surface area is 173 Å². The zero-order chi connectivity index (χ0) is 20.4. The number of thiazole rings is 1. The first kappa shape index (κ1) is 20.1. The van der Waals surface area contributed by atoms with E-state index in [1.165, 1.54) is 23.5 Å². The third-order valence-corrected chi connectivity index (χ3v) is 6.70. The van der Waals surface area contributed by atoms with Gasteiger partial charge >= 0.3 is 0 Å². The summed E-state index contributed by atoms with van der Waals surface area (Å²) in [7, 11) is 1.66. The number of piperidine rings is 1. The van der Waals surface area contributed by atoms with Crippen molar-refractivity contribution in [2.24, 2.45) is 5.92 Å².